The summed E-state index contributed by atoms with van der Waals surface area (Å²) < 4.78 is 28.5. The van der Waals surface area contributed by atoms with Crippen LogP contribution in [0.1, 0.15) is 23.1 Å². The number of aryl methyl sites for hydroxylation is 1. The summed E-state index contributed by atoms with van der Waals surface area (Å²) >= 11 is 0. The maximum atomic E-state index is 12.9. The molecule has 0 bridgehead atoms. The molecule has 7 heteroatoms. The van der Waals surface area contributed by atoms with Crippen LogP contribution >= 0.6 is 0 Å². The molecule has 0 aliphatic carbocycles. The van der Waals surface area contributed by atoms with Crippen molar-refractivity contribution in [1.82, 2.24) is 13.9 Å². The Bertz CT molecular complexity index is 884. The van der Waals surface area contributed by atoms with E-state index in [4.69, 9.17) is 0 Å². The van der Waals surface area contributed by atoms with Gasteiger partial charge in [-0.05, 0) is 24.5 Å². The lowest BCUT2D eigenvalue weighted by atomic mass is 10.1. The molecule has 1 N–H and O–H groups in total. The minimum atomic E-state index is -3.65. The van der Waals surface area contributed by atoms with Crippen LogP contribution in [0, 0.1) is 6.92 Å². The van der Waals surface area contributed by atoms with E-state index < -0.39 is 10.2 Å². The predicted octanol–water partition coefficient (Wildman–Crippen LogP) is 2.06. The van der Waals surface area contributed by atoms with Crippen LogP contribution in [-0.2, 0) is 28.1 Å². The van der Waals surface area contributed by atoms with Gasteiger partial charge in [-0.1, -0.05) is 60.2 Å². The van der Waals surface area contributed by atoms with Crippen LogP contribution in [0.25, 0.3) is 0 Å². The minimum absolute atomic E-state index is 0.153. The molecule has 0 aromatic heterocycles. The van der Waals surface area contributed by atoms with Crippen molar-refractivity contribution in [2.24, 2.45) is 0 Å². The summed E-state index contributed by atoms with van der Waals surface area (Å²) in [5.41, 5.74) is 3.03. The molecule has 0 spiro atoms. The van der Waals surface area contributed by atoms with Crippen molar-refractivity contribution < 1.29 is 13.2 Å². The highest BCUT2D eigenvalue weighted by molar-refractivity contribution is 7.86. The lowest BCUT2D eigenvalue weighted by Gasteiger charge is -2.34. The first kappa shape index (κ1) is 19.5. The average Bonchev–Trinajstić information content (AvgIpc) is 2.64. The first-order valence-electron chi connectivity index (χ1n) is 9.06. The third-order valence-electron chi connectivity index (χ3n) is 4.56. The minimum Gasteiger partial charge on any atom is -0.351 e. The Labute approximate surface area is 161 Å². The first-order chi connectivity index (χ1) is 12.9. The number of nitrogens with one attached hydrogen (secondary N) is 1. The van der Waals surface area contributed by atoms with Crippen molar-refractivity contribution in [2.45, 2.75) is 26.4 Å². The van der Waals surface area contributed by atoms with Gasteiger partial charge in [0.25, 0.3) is 10.2 Å². The summed E-state index contributed by atoms with van der Waals surface area (Å²) in [6, 6.07) is 17.4. The van der Waals surface area contributed by atoms with Gasteiger partial charge in [0, 0.05) is 26.2 Å². The predicted molar refractivity (Wildman–Crippen MR) is 105 cm³/mol. The van der Waals surface area contributed by atoms with Crippen molar-refractivity contribution in [1.29, 1.82) is 0 Å². The molecule has 6 nitrogen and oxygen atoms in total. The second-order valence-electron chi connectivity index (χ2n) is 6.78. The number of nitrogens with zero attached hydrogens (tertiary/aromatic N) is 2. The average molecular weight is 388 g/mol. The van der Waals surface area contributed by atoms with Crippen LogP contribution in [0.4, 0.5) is 0 Å². The molecule has 1 aliphatic rings. The van der Waals surface area contributed by atoms with Gasteiger partial charge in [0.05, 0.1) is 6.54 Å². The lowest BCUT2D eigenvalue weighted by molar-refractivity contribution is -0.121. The molecule has 0 atom stereocenters. The standard InChI is InChI=1S/C20H25N3O3S/c1-17-7-5-10-19(13-17)15-22-11-6-12-23(27(22,25)26)16-20(24)21-14-18-8-3-2-4-9-18/h2-5,7-10,13H,6,11-12,14-16H2,1H3,(H,21,24). The Hall–Kier alpha value is -2.22. The zero-order valence-corrected chi connectivity index (χ0v) is 16.3. The molecule has 1 aliphatic heterocycles. The largest absolute Gasteiger partial charge is 0.351 e. The van der Waals surface area contributed by atoms with E-state index in [0.29, 0.717) is 32.6 Å². The fraction of sp³-hybridized carbons (Fsp3) is 0.350. The summed E-state index contributed by atoms with van der Waals surface area (Å²) in [5, 5.41) is 2.79. The van der Waals surface area contributed by atoms with Crippen LogP contribution in [0.5, 0.6) is 0 Å². The van der Waals surface area contributed by atoms with Crippen LogP contribution in [0.15, 0.2) is 54.6 Å². The molecule has 0 radical (unpaired) electrons. The van der Waals surface area contributed by atoms with Gasteiger partial charge in [-0.2, -0.15) is 17.0 Å². The van der Waals surface area contributed by atoms with Crippen molar-refractivity contribution in [3.8, 4) is 0 Å². The smallest absolute Gasteiger partial charge is 0.282 e. The van der Waals surface area contributed by atoms with Crippen molar-refractivity contribution in [3.05, 3.63) is 71.3 Å². The molecule has 1 amide bonds. The Morgan fingerprint density at radius 1 is 1.00 bits per heavy atom. The Morgan fingerprint density at radius 2 is 1.70 bits per heavy atom. The number of hydrogen-bond donors (Lipinski definition) is 1. The summed E-state index contributed by atoms with van der Waals surface area (Å²) in [4.78, 5) is 12.2. The number of carbonyl (C=O) groups excluding carboxylic acids is 1. The fourth-order valence-corrected chi connectivity index (χ4v) is 4.80. The second-order valence-corrected chi connectivity index (χ2v) is 8.71. The summed E-state index contributed by atoms with van der Waals surface area (Å²) in [6.07, 6.45) is 0.705. The Kier molecular flexibility index (Phi) is 6.26. The molecule has 2 aromatic carbocycles. The maximum Gasteiger partial charge on any atom is 0.282 e. The molecule has 0 unspecified atom stereocenters. The monoisotopic (exact) mass is 387 g/mol. The van der Waals surface area contributed by atoms with E-state index in [0.717, 1.165) is 16.7 Å². The SMILES string of the molecule is Cc1cccc(CN2CCCN(CC(=O)NCc3ccccc3)S2(=O)=O)c1. The van der Waals surface area contributed by atoms with E-state index in [1.54, 1.807) is 0 Å². The summed E-state index contributed by atoms with van der Waals surface area (Å²) in [6.45, 7) is 3.38. The topological polar surface area (TPSA) is 69.7 Å². The number of hydrogen-bond acceptors (Lipinski definition) is 3. The third kappa shape index (κ3) is 5.15. The second kappa shape index (κ2) is 8.65. The van der Waals surface area contributed by atoms with E-state index in [2.05, 4.69) is 5.32 Å². The van der Waals surface area contributed by atoms with Crippen molar-refractivity contribution in [2.75, 3.05) is 19.6 Å². The maximum absolute atomic E-state index is 12.9. The van der Waals surface area contributed by atoms with Gasteiger partial charge in [0.1, 0.15) is 0 Å². The highest BCUT2D eigenvalue weighted by atomic mass is 32.2. The van der Waals surface area contributed by atoms with Gasteiger partial charge in [-0.3, -0.25) is 4.79 Å². The Balaban J connectivity index is 1.61. The summed E-state index contributed by atoms with van der Waals surface area (Å²) in [5.74, 6) is -0.292. The van der Waals surface area contributed by atoms with E-state index in [1.807, 2.05) is 61.5 Å². The quantitative estimate of drug-likeness (QED) is 0.825. The van der Waals surface area contributed by atoms with Gasteiger partial charge in [-0.25, -0.2) is 0 Å². The first-order valence-corrected chi connectivity index (χ1v) is 10.5. The number of carbonyl (C=O) groups is 1. The number of benzene rings is 2. The van der Waals surface area contributed by atoms with Gasteiger partial charge >= 0.3 is 0 Å². The normalized spacial score (nSPS) is 17.5. The van der Waals surface area contributed by atoms with Gasteiger partial charge in [0.2, 0.25) is 5.91 Å². The molecule has 0 saturated carbocycles. The molecular weight excluding hydrogens is 362 g/mol. The Morgan fingerprint density at radius 3 is 2.44 bits per heavy atom. The molecule has 144 valence electrons. The van der Waals surface area contributed by atoms with Crippen LogP contribution in [0.3, 0.4) is 0 Å². The van der Waals surface area contributed by atoms with Crippen molar-refractivity contribution in [3.63, 3.8) is 0 Å². The van der Waals surface area contributed by atoms with E-state index in [1.165, 1.54) is 8.61 Å². The van der Waals surface area contributed by atoms with Gasteiger partial charge in [-0.15, -0.1) is 0 Å². The van der Waals surface area contributed by atoms with Crippen LogP contribution < -0.4 is 5.32 Å². The molecule has 1 fully saturated rings. The van der Waals surface area contributed by atoms with Crippen LogP contribution in [0.2, 0.25) is 0 Å². The number of rotatable bonds is 6. The molecule has 2 aromatic rings. The highest BCUT2D eigenvalue weighted by Crippen LogP contribution is 2.19. The zero-order chi connectivity index (χ0) is 19.3. The van der Waals surface area contributed by atoms with E-state index >= 15 is 0 Å². The van der Waals surface area contributed by atoms with E-state index in [-0.39, 0.29) is 12.5 Å². The summed E-state index contributed by atoms with van der Waals surface area (Å²) in [7, 11) is -3.65. The molecule has 1 saturated heterocycles. The molecular formula is C20H25N3O3S. The molecule has 3 rings (SSSR count). The molecule has 27 heavy (non-hydrogen) atoms. The van der Waals surface area contributed by atoms with Gasteiger partial charge in [0.15, 0.2) is 0 Å². The highest BCUT2D eigenvalue weighted by Gasteiger charge is 2.34. The molecule has 1 heterocycles. The van der Waals surface area contributed by atoms with Crippen molar-refractivity contribution >= 4 is 16.1 Å². The zero-order valence-electron chi connectivity index (χ0n) is 15.5. The fourth-order valence-electron chi connectivity index (χ4n) is 3.17. The third-order valence-corrected chi connectivity index (χ3v) is 6.49. The lowest BCUT2D eigenvalue weighted by Crippen LogP contribution is -2.52. The van der Waals surface area contributed by atoms with Crippen LogP contribution in [-0.4, -0.2) is 42.6 Å². The van der Waals surface area contributed by atoms with E-state index in [9.17, 15) is 13.2 Å². The van der Waals surface area contributed by atoms with Gasteiger partial charge < -0.3 is 5.32 Å². The number of amides is 1.